The van der Waals surface area contributed by atoms with Crippen molar-refractivity contribution in [3.8, 4) is 0 Å². The first-order chi connectivity index (χ1) is 6.66. The van der Waals surface area contributed by atoms with Gasteiger partial charge in [0.1, 0.15) is 0 Å². The summed E-state index contributed by atoms with van der Waals surface area (Å²) in [6.45, 7) is 0. The van der Waals surface area contributed by atoms with Crippen LogP contribution in [0.4, 0.5) is 0 Å². The van der Waals surface area contributed by atoms with Crippen molar-refractivity contribution >= 4 is 41.3 Å². The Labute approximate surface area is 109 Å². The predicted octanol–water partition coefficient (Wildman–Crippen LogP) is 0.586. The molecule has 0 atom stereocenters. The number of hydrogen-bond donors (Lipinski definition) is 2. The summed E-state index contributed by atoms with van der Waals surface area (Å²) >= 11 is 0. The zero-order chi connectivity index (χ0) is 10.1. The van der Waals surface area contributed by atoms with Crippen molar-refractivity contribution in [3.05, 3.63) is 23.5 Å². The first-order valence-electron chi connectivity index (χ1n) is 4.62. The van der Waals surface area contributed by atoms with E-state index in [1.807, 2.05) is 0 Å². The fourth-order valence-electron chi connectivity index (χ4n) is 1.44. The summed E-state index contributed by atoms with van der Waals surface area (Å²) in [6, 6.07) is 3.32. The van der Waals surface area contributed by atoms with Crippen LogP contribution in [0.1, 0.15) is 29.0 Å². The third kappa shape index (κ3) is 3.19. The molecule has 1 saturated carbocycles. The van der Waals surface area contributed by atoms with Crippen LogP contribution in [-0.2, 0) is 11.2 Å². The van der Waals surface area contributed by atoms with E-state index in [1.165, 1.54) is 18.9 Å². The standard InChI is InChI=1S/C10H11NO3.Na.H/c12-9(10(13)14)8-4-3-7(11-8)5-6-1-2-6;;/h3-4,6,11H,1-2,5H2,(H,13,14);;. The van der Waals surface area contributed by atoms with E-state index in [-0.39, 0.29) is 35.3 Å². The van der Waals surface area contributed by atoms with Gasteiger partial charge in [0, 0.05) is 5.69 Å². The molecule has 2 N–H and O–H groups in total. The number of rotatable bonds is 4. The van der Waals surface area contributed by atoms with E-state index in [4.69, 9.17) is 5.11 Å². The Morgan fingerprint density at radius 2 is 2.07 bits per heavy atom. The number of carboxylic acid groups (broad SMARTS) is 1. The molecule has 0 unspecified atom stereocenters. The van der Waals surface area contributed by atoms with Gasteiger partial charge in [-0.2, -0.15) is 0 Å². The summed E-state index contributed by atoms with van der Waals surface area (Å²) in [4.78, 5) is 24.2. The molecule has 15 heavy (non-hydrogen) atoms. The van der Waals surface area contributed by atoms with Gasteiger partial charge in [-0.05, 0) is 37.3 Å². The third-order valence-corrected chi connectivity index (χ3v) is 2.39. The summed E-state index contributed by atoms with van der Waals surface area (Å²) < 4.78 is 0. The Balaban J connectivity index is 0.00000112. The van der Waals surface area contributed by atoms with Gasteiger partial charge in [0.05, 0.1) is 5.69 Å². The number of carboxylic acids is 1. The number of nitrogens with one attached hydrogen (secondary N) is 1. The summed E-state index contributed by atoms with van der Waals surface area (Å²) in [7, 11) is 0. The molecule has 5 heteroatoms. The topological polar surface area (TPSA) is 70.2 Å². The number of ketones is 1. The fraction of sp³-hybridized carbons (Fsp3) is 0.400. The van der Waals surface area contributed by atoms with Crippen molar-refractivity contribution in [1.82, 2.24) is 4.98 Å². The maximum absolute atomic E-state index is 11.0. The molecule has 0 aromatic carbocycles. The molecule has 0 aliphatic heterocycles. The normalized spacial score (nSPS) is 14.4. The Morgan fingerprint density at radius 1 is 1.40 bits per heavy atom. The van der Waals surface area contributed by atoms with Crippen LogP contribution in [-0.4, -0.2) is 51.4 Å². The molecule has 1 heterocycles. The van der Waals surface area contributed by atoms with Crippen molar-refractivity contribution < 1.29 is 14.7 Å². The van der Waals surface area contributed by atoms with E-state index >= 15 is 0 Å². The van der Waals surface area contributed by atoms with Crippen LogP contribution in [0, 0.1) is 5.92 Å². The third-order valence-electron chi connectivity index (χ3n) is 2.39. The van der Waals surface area contributed by atoms with Gasteiger partial charge in [0.2, 0.25) is 0 Å². The Hall–Kier alpha value is -0.580. The SMILES string of the molecule is O=C(O)C(=O)c1ccc(CC2CC2)[nH]1.[NaH]. The molecule has 1 aliphatic rings. The number of aliphatic carboxylic acids is 1. The van der Waals surface area contributed by atoms with E-state index < -0.39 is 11.8 Å². The van der Waals surface area contributed by atoms with E-state index in [2.05, 4.69) is 4.98 Å². The minimum absolute atomic E-state index is 0. The molecular weight excluding hydrogens is 205 g/mol. The number of hydrogen-bond acceptors (Lipinski definition) is 2. The van der Waals surface area contributed by atoms with E-state index in [0.29, 0.717) is 0 Å². The molecule has 0 amide bonds. The Bertz CT molecular complexity index is 382. The van der Waals surface area contributed by atoms with Crippen molar-refractivity contribution in [2.75, 3.05) is 0 Å². The Kier molecular flexibility index (Phi) is 4.13. The summed E-state index contributed by atoms with van der Waals surface area (Å²) in [5, 5.41) is 8.47. The second-order valence-corrected chi connectivity index (χ2v) is 3.68. The number of carbonyl (C=O) groups is 2. The van der Waals surface area contributed by atoms with Crippen molar-refractivity contribution in [1.29, 1.82) is 0 Å². The number of carbonyl (C=O) groups excluding carboxylic acids is 1. The second-order valence-electron chi connectivity index (χ2n) is 3.68. The molecule has 4 nitrogen and oxygen atoms in total. The van der Waals surface area contributed by atoms with Crippen LogP contribution in [0.15, 0.2) is 12.1 Å². The quantitative estimate of drug-likeness (QED) is 0.440. The van der Waals surface area contributed by atoms with Crippen molar-refractivity contribution in [3.63, 3.8) is 0 Å². The van der Waals surface area contributed by atoms with E-state index in [0.717, 1.165) is 18.0 Å². The van der Waals surface area contributed by atoms with Crippen LogP contribution in [0.25, 0.3) is 0 Å². The predicted molar refractivity (Wildman–Crippen MR) is 56.3 cm³/mol. The van der Waals surface area contributed by atoms with Gasteiger partial charge in [-0.25, -0.2) is 4.79 Å². The molecule has 2 rings (SSSR count). The van der Waals surface area contributed by atoms with Gasteiger partial charge in [-0.1, -0.05) is 0 Å². The number of aromatic amines is 1. The van der Waals surface area contributed by atoms with E-state index in [1.54, 1.807) is 6.07 Å². The molecule has 1 aromatic rings. The first kappa shape index (κ1) is 12.5. The minimum atomic E-state index is -1.41. The first-order valence-corrected chi connectivity index (χ1v) is 4.62. The van der Waals surface area contributed by atoms with Crippen LogP contribution < -0.4 is 0 Å². The van der Waals surface area contributed by atoms with Crippen LogP contribution >= 0.6 is 0 Å². The molecule has 1 aromatic heterocycles. The molecular formula is C10H12NNaO3. The van der Waals surface area contributed by atoms with Gasteiger partial charge in [-0.3, -0.25) is 4.79 Å². The van der Waals surface area contributed by atoms with Crippen molar-refractivity contribution in [2.45, 2.75) is 19.3 Å². The van der Waals surface area contributed by atoms with Gasteiger partial charge in [-0.15, -0.1) is 0 Å². The molecule has 0 bridgehead atoms. The summed E-state index contributed by atoms with van der Waals surface area (Å²) in [5.41, 5.74) is 1.13. The summed E-state index contributed by atoms with van der Waals surface area (Å²) in [5.74, 6) is -1.56. The van der Waals surface area contributed by atoms with Crippen LogP contribution in [0.3, 0.4) is 0 Å². The number of Topliss-reactive ketones (excluding diaryl/α,β-unsaturated/α-hetero) is 1. The molecule has 76 valence electrons. The zero-order valence-corrected chi connectivity index (χ0v) is 7.62. The fourth-order valence-corrected chi connectivity index (χ4v) is 1.44. The molecule has 1 fully saturated rings. The van der Waals surface area contributed by atoms with E-state index in [9.17, 15) is 9.59 Å². The van der Waals surface area contributed by atoms with Crippen LogP contribution in [0.5, 0.6) is 0 Å². The molecule has 0 radical (unpaired) electrons. The maximum atomic E-state index is 11.0. The van der Waals surface area contributed by atoms with Gasteiger partial charge in [0.25, 0.3) is 5.78 Å². The number of H-pyrrole nitrogens is 1. The monoisotopic (exact) mass is 217 g/mol. The van der Waals surface area contributed by atoms with Gasteiger partial charge < -0.3 is 10.1 Å². The average molecular weight is 217 g/mol. The van der Waals surface area contributed by atoms with Crippen molar-refractivity contribution in [2.24, 2.45) is 5.92 Å². The second kappa shape index (κ2) is 4.96. The van der Waals surface area contributed by atoms with Gasteiger partial charge in [0.15, 0.2) is 0 Å². The Morgan fingerprint density at radius 3 is 2.60 bits per heavy atom. The zero-order valence-electron chi connectivity index (χ0n) is 7.62. The molecule has 0 saturated heterocycles. The van der Waals surface area contributed by atoms with Gasteiger partial charge >= 0.3 is 35.5 Å². The molecule has 0 spiro atoms. The number of aromatic nitrogens is 1. The molecule has 1 aliphatic carbocycles. The summed E-state index contributed by atoms with van der Waals surface area (Å²) in [6.07, 6.45) is 3.40. The van der Waals surface area contributed by atoms with Crippen LogP contribution in [0.2, 0.25) is 0 Å². The average Bonchev–Trinajstić information content (AvgIpc) is 2.81.